The topological polar surface area (TPSA) is 60.4 Å². The second-order valence-corrected chi connectivity index (χ2v) is 10.3. The fourth-order valence-electron chi connectivity index (χ4n) is 3.58. The molecule has 4 nitrogen and oxygen atoms in total. The summed E-state index contributed by atoms with van der Waals surface area (Å²) in [7, 11) is -3.66. The molecule has 0 N–H and O–H groups in total. The lowest BCUT2D eigenvalue weighted by atomic mass is 9.80. The second-order valence-electron chi connectivity index (χ2n) is 7.62. The predicted molar refractivity (Wildman–Crippen MR) is 107 cm³/mol. The summed E-state index contributed by atoms with van der Waals surface area (Å²) < 4.78 is 80.0. The van der Waals surface area contributed by atoms with Crippen LogP contribution < -0.4 is 4.74 Å². The van der Waals surface area contributed by atoms with E-state index in [1.165, 1.54) is 18.2 Å². The standard InChI is InChI=1S/C21H19ClF4O4S/c1-12-6-15(23)11-16(7-12)31(28,29)17-8-13(9-17)2-5-19(27)14-3-4-18(22)20(10-14)30-21(24,25)26/h3-4,6-7,10-11,13,17H,2,5,8-9H2,1H3. The lowest BCUT2D eigenvalue weighted by Crippen LogP contribution is -2.36. The quantitative estimate of drug-likeness (QED) is 0.367. The molecule has 0 aliphatic heterocycles. The SMILES string of the molecule is Cc1cc(F)cc(S(=O)(=O)C2CC(CCC(=O)c3ccc(Cl)c(OC(F)(F)F)c3)C2)c1. The van der Waals surface area contributed by atoms with Crippen molar-refractivity contribution in [2.75, 3.05) is 0 Å². The molecule has 10 heteroatoms. The van der Waals surface area contributed by atoms with Crippen LogP contribution in [-0.2, 0) is 9.84 Å². The van der Waals surface area contributed by atoms with Gasteiger partial charge in [0.2, 0.25) is 0 Å². The highest BCUT2D eigenvalue weighted by Gasteiger charge is 2.39. The first-order chi connectivity index (χ1) is 14.3. The number of rotatable bonds is 7. The Morgan fingerprint density at radius 2 is 1.84 bits per heavy atom. The van der Waals surface area contributed by atoms with E-state index in [9.17, 15) is 30.8 Å². The van der Waals surface area contributed by atoms with Gasteiger partial charge in [0.05, 0.1) is 15.2 Å². The fraction of sp³-hybridized carbons (Fsp3) is 0.381. The van der Waals surface area contributed by atoms with E-state index in [2.05, 4.69) is 4.74 Å². The smallest absolute Gasteiger partial charge is 0.404 e. The highest BCUT2D eigenvalue weighted by atomic mass is 35.5. The van der Waals surface area contributed by atoms with Gasteiger partial charge in [0, 0.05) is 12.0 Å². The Morgan fingerprint density at radius 3 is 2.45 bits per heavy atom. The zero-order chi connectivity index (χ0) is 23.0. The van der Waals surface area contributed by atoms with Crippen molar-refractivity contribution in [3.63, 3.8) is 0 Å². The number of carbonyl (C=O) groups is 1. The molecule has 0 spiro atoms. The third-order valence-electron chi connectivity index (χ3n) is 5.23. The van der Waals surface area contributed by atoms with Gasteiger partial charge in [-0.3, -0.25) is 4.79 Å². The normalized spacial score (nSPS) is 19.0. The van der Waals surface area contributed by atoms with Gasteiger partial charge in [-0.1, -0.05) is 11.6 Å². The third kappa shape index (κ3) is 5.77. The molecule has 0 aromatic heterocycles. The van der Waals surface area contributed by atoms with Crippen LogP contribution in [0, 0.1) is 18.7 Å². The Balaban J connectivity index is 1.57. The van der Waals surface area contributed by atoms with Crippen LogP contribution in [0.2, 0.25) is 5.02 Å². The van der Waals surface area contributed by atoms with Gasteiger partial charge in [-0.05, 0) is 74.1 Å². The number of hydrogen-bond acceptors (Lipinski definition) is 4. The minimum absolute atomic E-state index is 0.0171. The van der Waals surface area contributed by atoms with Crippen LogP contribution in [-0.4, -0.2) is 25.8 Å². The maximum Gasteiger partial charge on any atom is 0.573 e. The number of sulfone groups is 1. The average Bonchev–Trinajstić information content (AvgIpc) is 2.60. The Morgan fingerprint density at radius 1 is 1.16 bits per heavy atom. The lowest BCUT2D eigenvalue weighted by Gasteiger charge is -2.34. The summed E-state index contributed by atoms with van der Waals surface area (Å²) in [6.45, 7) is 1.61. The van der Waals surface area contributed by atoms with E-state index in [0.29, 0.717) is 24.8 Å². The lowest BCUT2D eigenvalue weighted by molar-refractivity contribution is -0.274. The predicted octanol–water partition coefficient (Wildman–Crippen LogP) is 5.90. The largest absolute Gasteiger partial charge is 0.573 e. The molecule has 1 fully saturated rings. The molecule has 0 amide bonds. The molecule has 2 aromatic carbocycles. The number of halogens is 5. The van der Waals surface area contributed by atoms with Crippen molar-refractivity contribution in [2.24, 2.45) is 5.92 Å². The Bertz CT molecular complexity index is 1070. The van der Waals surface area contributed by atoms with Gasteiger partial charge in [-0.25, -0.2) is 12.8 Å². The van der Waals surface area contributed by atoms with E-state index in [1.807, 2.05) is 0 Å². The van der Waals surface area contributed by atoms with E-state index in [4.69, 9.17) is 11.6 Å². The molecule has 0 unspecified atom stereocenters. The molecular formula is C21H19ClF4O4S. The third-order valence-corrected chi connectivity index (χ3v) is 7.70. The van der Waals surface area contributed by atoms with Crippen LogP contribution in [0.3, 0.4) is 0 Å². The van der Waals surface area contributed by atoms with Gasteiger partial charge in [-0.15, -0.1) is 13.2 Å². The molecule has 0 heterocycles. The molecule has 0 atom stereocenters. The molecule has 3 rings (SSSR count). The van der Waals surface area contributed by atoms with Gasteiger partial charge in [0.1, 0.15) is 11.6 Å². The minimum Gasteiger partial charge on any atom is -0.404 e. The van der Waals surface area contributed by atoms with Crippen LogP contribution in [0.15, 0.2) is 41.3 Å². The molecule has 1 saturated carbocycles. The maximum atomic E-state index is 13.6. The second kappa shape index (κ2) is 8.78. The van der Waals surface area contributed by atoms with Gasteiger partial charge < -0.3 is 4.74 Å². The summed E-state index contributed by atoms with van der Waals surface area (Å²) in [4.78, 5) is 12.3. The number of aryl methyl sites for hydroxylation is 1. The van der Waals surface area contributed by atoms with Gasteiger partial charge >= 0.3 is 6.36 Å². The summed E-state index contributed by atoms with van der Waals surface area (Å²) >= 11 is 5.68. The van der Waals surface area contributed by atoms with Crippen molar-refractivity contribution in [3.8, 4) is 5.75 Å². The molecule has 1 aliphatic carbocycles. The number of alkyl halides is 3. The van der Waals surface area contributed by atoms with E-state index < -0.39 is 38.8 Å². The summed E-state index contributed by atoms with van der Waals surface area (Å²) in [6.07, 6.45) is -3.81. The van der Waals surface area contributed by atoms with E-state index in [-0.39, 0.29) is 27.8 Å². The molecule has 168 valence electrons. The molecule has 1 aliphatic rings. The first-order valence-electron chi connectivity index (χ1n) is 9.45. The molecular weight excluding hydrogens is 460 g/mol. The minimum atomic E-state index is -4.93. The van der Waals surface area contributed by atoms with Crippen LogP contribution in [0.4, 0.5) is 17.6 Å². The Labute approximate surface area is 182 Å². The van der Waals surface area contributed by atoms with Crippen molar-refractivity contribution in [1.82, 2.24) is 0 Å². The van der Waals surface area contributed by atoms with Gasteiger partial charge in [0.15, 0.2) is 15.6 Å². The number of carbonyl (C=O) groups excluding carboxylic acids is 1. The highest BCUT2D eigenvalue weighted by Crippen LogP contribution is 2.39. The van der Waals surface area contributed by atoms with Crippen molar-refractivity contribution in [3.05, 3.63) is 58.4 Å². The summed E-state index contributed by atoms with van der Waals surface area (Å²) in [5.41, 5.74) is 0.541. The highest BCUT2D eigenvalue weighted by molar-refractivity contribution is 7.92. The van der Waals surface area contributed by atoms with E-state index in [1.54, 1.807) is 6.92 Å². The molecule has 0 saturated heterocycles. The van der Waals surface area contributed by atoms with Crippen LogP contribution in [0.25, 0.3) is 0 Å². The Kier molecular flexibility index (Phi) is 6.67. The zero-order valence-corrected chi connectivity index (χ0v) is 18.0. The molecule has 0 radical (unpaired) electrons. The molecule has 2 aromatic rings. The number of hydrogen-bond donors (Lipinski definition) is 0. The Hall–Kier alpha value is -2.13. The van der Waals surface area contributed by atoms with E-state index >= 15 is 0 Å². The van der Waals surface area contributed by atoms with Crippen molar-refractivity contribution >= 4 is 27.2 Å². The van der Waals surface area contributed by atoms with Crippen molar-refractivity contribution in [1.29, 1.82) is 0 Å². The van der Waals surface area contributed by atoms with Crippen LogP contribution in [0.1, 0.15) is 41.6 Å². The summed E-state index contributed by atoms with van der Waals surface area (Å²) in [5.74, 6) is -1.68. The first-order valence-corrected chi connectivity index (χ1v) is 11.4. The van der Waals surface area contributed by atoms with Crippen LogP contribution >= 0.6 is 11.6 Å². The molecule has 31 heavy (non-hydrogen) atoms. The van der Waals surface area contributed by atoms with Crippen LogP contribution in [0.5, 0.6) is 5.75 Å². The number of ether oxygens (including phenoxy) is 1. The van der Waals surface area contributed by atoms with Crippen molar-refractivity contribution < 1.29 is 35.5 Å². The van der Waals surface area contributed by atoms with Crippen molar-refractivity contribution in [2.45, 2.75) is 49.1 Å². The molecule has 0 bridgehead atoms. The zero-order valence-electron chi connectivity index (χ0n) is 16.4. The monoisotopic (exact) mass is 478 g/mol. The summed E-state index contributed by atoms with van der Waals surface area (Å²) in [5, 5.41) is -0.912. The summed E-state index contributed by atoms with van der Waals surface area (Å²) in [6, 6.07) is 7.09. The fourth-order valence-corrected chi connectivity index (χ4v) is 5.80. The maximum absolute atomic E-state index is 13.6. The van der Waals surface area contributed by atoms with Gasteiger partial charge in [0.25, 0.3) is 0 Å². The van der Waals surface area contributed by atoms with E-state index in [0.717, 1.165) is 18.2 Å². The number of ketones is 1. The first kappa shape index (κ1) is 23.5. The number of benzene rings is 2. The average molecular weight is 479 g/mol. The number of Topliss-reactive ketones (excluding diaryl/α,β-unsaturated/α-hetero) is 1. The van der Waals surface area contributed by atoms with Gasteiger partial charge in [-0.2, -0.15) is 0 Å².